The number of amides is 2. The molecule has 0 bridgehead atoms. The third-order valence-corrected chi connectivity index (χ3v) is 5.65. The lowest BCUT2D eigenvalue weighted by Gasteiger charge is -2.38. The Morgan fingerprint density at radius 2 is 1.73 bits per heavy atom. The van der Waals surface area contributed by atoms with Crippen molar-refractivity contribution < 1.29 is 14.5 Å². The predicted molar refractivity (Wildman–Crippen MR) is 86.3 cm³/mol. The van der Waals surface area contributed by atoms with Gasteiger partial charge in [-0.3, -0.25) is 9.59 Å². The Morgan fingerprint density at radius 3 is 2.23 bits per heavy atom. The van der Waals surface area contributed by atoms with Gasteiger partial charge in [0.05, 0.1) is 13.1 Å². The minimum Gasteiger partial charge on any atom is -0.369 e. The van der Waals surface area contributed by atoms with E-state index in [9.17, 15) is 9.59 Å². The van der Waals surface area contributed by atoms with Crippen molar-refractivity contribution in [1.29, 1.82) is 0 Å². The normalized spacial score (nSPS) is 28.1. The maximum atomic E-state index is 12.9. The van der Waals surface area contributed by atoms with Gasteiger partial charge in [0.15, 0.2) is 6.04 Å². The number of likely N-dealkylation sites (tertiary alicyclic amines) is 1. The summed E-state index contributed by atoms with van der Waals surface area (Å²) in [6.45, 7) is 6.71. The van der Waals surface area contributed by atoms with Crippen molar-refractivity contribution in [2.45, 2.75) is 70.9 Å². The molecule has 5 nitrogen and oxygen atoms in total. The van der Waals surface area contributed by atoms with E-state index in [-0.39, 0.29) is 17.9 Å². The molecule has 2 fully saturated rings. The van der Waals surface area contributed by atoms with Crippen LogP contribution in [0.1, 0.15) is 58.8 Å². The van der Waals surface area contributed by atoms with Crippen molar-refractivity contribution in [3.8, 4) is 0 Å². The van der Waals surface area contributed by atoms with E-state index >= 15 is 0 Å². The standard InChI is InChI=1S/C17H31N3O2/c1-3-20(15-7-5-4-6-8-15)17(22)13(2)19-11-9-14(10-12-19)16(18)21/h13-15H,3-12H2,1-2H3,(H2,18,21)/p+1/t13-/m0/s1. The Hall–Kier alpha value is -1.10. The van der Waals surface area contributed by atoms with Gasteiger partial charge in [-0.2, -0.15) is 0 Å². The molecule has 1 heterocycles. The number of piperidine rings is 1. The molecule has 1 aliphatic heterocycles. The zero-order valence-corrected chi connectivity index (χ0v) is 14.1. The number of nitrogens with zero attached hydrogens (tertiary/aromatic N) is 1. The second-order valence-corrected chi connectivity index (χ2v) is 6.97. The van der Waals surface area contributed by atoms with Crippen molar-refractivity contribution in [3.05, 3.63) is 0 Å². The van der Waals surface area contributed by atoms with Crippen LogP contribution in [0, 0.1) is 5.92 Å². The molecule has 2 aliphatic rings. The first-order valence-electron chi connectivity index (χ1n) is 8.99. The Bertz CT molecular complexity index is 385. The van der Waals surface area contributed by atoms with Crippen LogP contribution in [0.25, 0.3) is 0 Å². The molecule has 2 rings (SSSR count). The molecule has 0 radical (unpaired) electrons. The fraction of sp³-hybridized carbons (Fsp3) is 0.882. The number of primary amides is 1. The summed E-state index contributed by atoms with van der Waals surface area (Å²) in [6.07, 6.45) is 7.76. The molecule has 3 N–H and O–H groups in total. The lowest BCUT2D eigenvalue weighted by atomic mass is 9.93. The minimum absolute atomic E-state index is 0.00398. The molecule has 1 saturated carbocycles. The van der Waals surface area contributed by atoms with Crippen molar-refractivity contribution in [1.82, 2.24) is 4.90 Å². The number of carbonyl (C=O) groups is 2. The van der Waals surface area contributed by atoms with E-state index in [4.69, 9.17) is 5.73 Å². The molecule has 0 aromatic carbocycles. The maximum absolute atomic E-state index is 12.9. The van der Waals surface area contributed by atoms with Gasteiger partial charge in [0.25, 0.3) is 5.91 Å². The highest BCUT2D eigenvalue weighted by atomic mass is 16.2. The summed E-state index contributed by atoms with van der Waals surface area (Å²) >= 11 is 0. The molecule has 22 heavy (non-hydrogen) atoms. The monoisotopic (exact) mass is 310 g/mol. The van der Waals surface area contributed by atoms with E-state index < -0.39 is 0 Å². The summed E-state index contributed by atoms with van der Waals surface area (Å²) in [7, 11) is 0. The van der Waals surface area contributed by atoms with Crippen molar-refractivity contribution in [3.63, 3.8) is 0 Å². The first-order valence-corrected chi connectivity index (χ1v) is 8.99. The van der Waals surface area contributed by atoms with Crippen LogP contribution in [-0.2, 0) is 9.59 Å². The van der Waals surface area contributed by atoms with Gasteiger partial charge in [0.2, 0.25) is 5.91 Å². The number of quaternary nitrogens is 1. The van der Waals surface area contributed by atoms with Gasteiger partial charge in [-0.05, 0) is 26.7 Å². The predicted octanol–water partition coefficient (Wildman–Crippen LogP) is 0.336. The third kappa shape index (κ3) is 4.00. The molecular weight excluding hydrogens is 278 g/mol. The summed E-state index contributed by atoms with van der Waals surface area (Å²) in [5.41, 5.74) is 5.39. The molecule has 1 saturated heterocycles. The van der Waals surface area contributed by atoms with Gasteiger partial charge in [0.1, 0.15) is 0 Å². The van der Waals surface area contributed by atoms with E-state index in [0.717, 1.165) is 45.3 Å². The zero-order valence-electron chi connectivity index (χ0n) is 14.1. The molecule has 1 aliphatic carbocycles. The van der Waals surface area contributed by atoms with Crippen LogP contribution >= 0.6 is 0 Å². The Labute approximate surface area is 134 Å². The van der Waals surface area contributed by atoms with E-state index in [1.165, 1.54) is 24.2 Å². The highest BCUT2D eigenvalue weighted by Gasteiger charge is 2.35. The van der Waals surface area contributed by atoms with Crippen molar-refractivity contribution >= 4 is 11.8 Å². The molecule has 0 aromatic rings. The van der Waals surface area contributed by atoms with Crippen molar-refractivity contribution in [2.24, 2.45) is 11.7 Å². The van der Waals surface area contributed by atoms with Gasteiger partial charge in [-0.25, -0.2) is 0 Å². The number of rotatable bonds is 5. The molecule has 2 amide bonds. The minimum atomic E-state index is -0.185. The van der Waals surface area contributed by atoms with Crippen LogP contribution in [-0.4, -0.2) is 48.4 Å². The number of likely N-dealkylation sites (N-methyl/N-ethyl adjacent to an activating group) is 1. The summed E-state index contributed by atoms with van der Waals surface area (Å²) in [5.74, 6) is 0.115. The van der Waals surface area contributed by atoms with Gasteiger partial charge in [-0.15, -0.1) is 0 Å². The van der Waals surface area contributed by atoms with Crippen LogP contribution in [0.2, 0.25) is 0 Å². The second kappa shape index (κ2) is 7.95. The number of nitrogens with two attached hydrogens (primary N) is 1. The SMILES string of the molecule is CCN(C(=O)[C@H](C)[NH+]1CCC(C(N)=O)CC1)C1CCCCC1. The average molecular weight is 310 g/mol. The number of hydrogen-bond acceptors (Lipinski definition) is 2. The third-order valence-electron chi connectivity index (χ3n) is 5.65. The van der Waals surface area contributed by atoms with Crippen LogP contribution in [0.15, 0.2) is 0 Å². The van der Waals surface area contributed by atoms with Gasteiger partial charge >= 0.3 is 0 Å². The van der Waals surface area contributed by atoms with E-state index in [2.05, 4.69) is 11.8 Å². The molecule has 0 aromatic heterocycles. The van der Waals surface area contributed by atoms with Gasteiger partial charge in [-0.1, -0.05) is 19.3 Å². The summed E-state index contributed by atoms with van der Waals surface area (Å²) in [5, 5.41) is 0. The largest absolute Gasteiger partial charge is 0.369 e. The molecule has 1 atom stereocenters. The van der Waals surface area contributed by atoms with Crippen molar-refractivity contribution in [2.75, 3.05) is 19.6 Å². The maximum Gasteiger partial charge on any atom is 0.280 e. The second-order valence-electron chi connectivity index (χ2n) is 6.97. The van der Waals surface area contributed by atoms with E-state index in [0.29, 0.717) is 11.9 Å². The summed E-state index contributed by atoms with van der Waals surface area (Å²) in [4.78, 5) is 27.6. The highest BCUT2D eigenvalue weighted by molar-refractivity contribution is 5.80. The quantitative estimate of drug-likeness (QED) is 0.769. The lowest BCUT2D eigenvalue weighted by molar-refractivity contribution is -0.920. The van der Waals surface area contributed by atoms with Gasteiger partial charge in [0, 0.05) is 31.3 Å². The average Bonchev–Trinajstić information content (AvgIpc) is 2.56. The van der Waals surface area contributed by atoms with Crippen LogP contribution in [0.5, 0.6) is 0 Å². The fourth-order valence-corrected chi connectivity index (χ4v) is 4.12. The highest BCUT2D eigenvalue weighted by Crippen LogP contribution is 2.23. The van der Waals surface area contributed by atoms with E-state index in [1.54, 1.807) is 0 Å². The Balaban J connectivity index is 1.91. The Morgan fingerprint density at radius 1 is 1.14 bits per heavy atom. The molecular formula is C17H32N3O2+. The van der Waals surface area contributed by atoms with Crippen LogP contribution in [0.3, 0.4) is 0 Å². The molecule has 5 heteroatoms. The number of nitrogens with one attached hydrogen (secondary N) is 1. The zero-order chi connectivity index (χ0) is 16.1. The van der Waals surface area contributed by atoms with Crippen LogP contribution < -0.4 is 10.6 Å². The number of hydrogen-bond donors (Lipinski definition) is 2. The smallest absolute Gasteiger partial charge is 0.280 e. The lowest BCUT2D eigenvalue weighted by Crippen LogP contribution is -3.17. The van der Waals surface area contributed by atoms with Gasteiger partial charge < -0.3 is 15.5 Å². The Kier molecular flexibility index (Phi) is 6.24. The molecule has 0 unspecified atom stereocenters. The first kappa shape index (κ1) is 17.3. The molecule has 0 spiro atoms. The summed E-state index contributed by atoms with van der Waals surface area (Å²) in [6, 6.07) is 0.437. The summed E-state index contributed by atoms with van der Waals surface area (Å²) < 4.78 is 0. The topological polar surface area (TPSA) is 67.8 Å². The fourth-order valence-electron chi connectivity index (χ4n) is 4.12. The molecule has 126 valence electrons. The first-order chi connectivity index (χ1) is 10.5. The number of carbonyl (C=O) groups excluding carboxylic acids is 2. The van der Waals surface area contributed by atoms with E-state index in [1.807, 2.05) is 6.92 Å². The van der Waals surface area contributed by atoms with Crippen LogP contribution in [0.4, 0.5) is 0 Å².